The average molecular weight is 395 g/mol. The summed E-state index contributed by atoms with van der Waals surface area (Å²) < 4.78 is 10.9. The zero-order valence-corrected chi connectivity index (χ0v) is 16.7. The Kier molecular flexibility index (Phi) is 6.32. The summed E-state index contributed by atoms with van der Waals surface area (Å²) in [5.74, 6) is -1.30. The molecule has 1 fully saturated rings. The molecule has 29 heavy (non-hydrogen) atoms. The second-order valence-corrected chi connectivity index (χ2v) is 7.04. The Morgan fingerprint density at radius 1 is 1.03 bits per heavy atom. The smallest absolute Gasteiger partial charge is 0.409 e. The Morgan fingerprint density at radius 3 is 2.24 bits per heavy atom. The highest BCUT2D eigenvalue weighted by molar-refractivity contribution is 6.04. The monoisotopic (exact) mass is 395 g/mol. The second kappa shape index (κ2) is 8.90. The number of esters is 1. The van der Waals surface area contributed by atoms with E-state index in [1.165, 1.54) is 6.92 Å². The van der Waals surface area contributed by atoms with Gasteiger partial charge >= 0.3 is 12.1 Å². The van der Waals surface area contributed by atoms with Gasteiger partial charge in [0.15, 0.2) is 5.60 Å². The van der Waals surface area contributed by atoms with Gasteiger partial charge < -0.3 is 14.4 Å². The van der Waals surface area contributed by atoms with E-state index in [2.05, 4.69) is 0 Å². The first-order valence-electron chi connectivity index (χ1n) is 9.74. The molecule has 0 aromatic heterocycles. The molecule has 6 nitrogen and oxygen atoms in total. The van der Waals surface area contributed by atoms with Crippen molar-refractivity contribution in [3.8, 4) is 0 Å². The Balaban J connectivity index is 2.07. The summed E-state index contributed by atoms with van der Waals surface area (Å²) in [5, 5.41) is 0. The minimum atomic E-state index is -1.39. The van der Waals surface area contributed by atoms with Gasteiger partial charge in [-0.05, 0) is 12.5 Å². The van der Waals surface area contributed by atoms with Crippen molar-refractivity contribution in [2.24, 2.45) is 0 Å². The van der Waals surface area contributed by atoms with Crippen molar-refractivity contribution >= 4 is 17.8 Å². The van der Waals surface area contributed by atoms with Gasteiger partial charge in [0.2, 0.25) is 5.78 Å². The maximum atomic E-state index is 13.6. The SMILES string of the molecule is CCOC(=O)N1CCC(OC(C)=O)(C(=O)c2ccccc2)C(c2ccccc2)C1. The van der Waals surface area contributed by atoms with Crippen LogP contribution in [0.25, 0.3) is 0 Å². The van der Waals surface area contributed by atoms with Crippen molar-refractivity contribution in [2.45, 2.75) is 31.8 Å². The molecule has 2 aromatic carbocycles. The minimum absolute atomic E-state index is 0.193. The zero-order valence-electron chi connectivity index (χ0n) is 16.7. The number of ketones is 1. The van der Waals surface area contributed by atoms with Gasteiger partial charge in [0.25, 0.3) is 0 Å². The maximum absolute atomic E-state index is 13.6. The summed E-state index contributed by atoms with van der Waals surface area (Å²) in [4.78, 5) is 39.6. The van der Waals surface area contributed by atoms with Gasteiger partial charge in [-0.15, -0.1) is 0 Å². The fourth-order valence-corrected chi connectivity index (χ4v) is 3.91. The third-order valence-electron chi connectivity index (χ3n) is 5.19. The molecule has 0 N–H and O–H groups in total. The van der Waals surface area contributed by atoms with Gasteiger partial charge in [-0.3, -0.25) is 9.59 Å². The van der Waals surface area contributed by atoms with Crippen LogP contribution in [0.2, 0.25) is 0 Å². The van der Waals surface area contributed by atoms with Gasteiger partial charge in [0.1, 0.15) is 0 Å². The molecule has 1 heterocycles. The molecule has 0 saturated carbocycles. The minimum Gasteiger partial charge on any atom is -0.450 e. The summed E-state index contributed by atoms with van der Waals surface area (Å²) in [6.45, 7) is 3.80. The number of ether oxygens (including phenoxy) is 2. The second-order valence-electron chi connectivity index (χ2n) is 7.04. The quantitative estimate of drug-likeness (QED) is 0.568. The molecule has 0 bridgehead atoms. The molecule has 2 atom stereocenters. The van der Waals surface area contributed by atoms with E-state index in [-0.39, 0.29) is 31.9 Å². The van der Waals surface area contributed by atoms with Crippen LogP contribution < -0.4 is 0 Å². The summed E-state index contributed by atoms with van der Waals surface area (Å²) >= 11 is 0. The number of likely N-dealkylation sites (tertiary alicyclic amines) is 1. The highest BCUT2D eigenvalue weighted by Gasteiger charge is 2.53. The van der Waals surface area contributed by atoms with Crippen molar-refractivity contribution in [3.05, 3.63) is 71.8 Å². The van der Waals surface area contributed by atoms with Crippen LogP contribution in [-0.2, 0) is 14.3 Å². The summed E-state index contributed by atoms with van der Waals surface area (Å²) in [6, 6.07) is 18.2. The Labute approximate surface area is 170 Å². The molecular weight excluding hydrogens is 370 g/mol. The number of hydrogen-bond acceptors (Lipinski definition) is 5. The first kappa shape index (κ1) is 20.6. The fraction of sp³-hybridized carbons (Fsp3) is 0.348. The van der Waals surface area contributed by atoms with Gasteiger partial charge in [-0.1, -0.05) is 60.7 Å². The molecule has 2 unspecified atom stereocenters. The molecule has 6 heteroatoms. The highest BCUT2D eigenvalue weighted by atomic mass is 16.6. The number of hydrogen-bond donors (Lipinski definition) is 0. The first-order valence-corrected chi connectivity index (χ1v) is 9.74. The lowest BCUT2D eigenvalue weighted by Crippen LogP contribution is -2.58. The molecule has 0 spiro atoms. The molecule has 3 rings (SSSR count). The van der Waals surface area contributed by atoms with Crippen LogP contribution in [0.1, 0.15) is 42.1 Å². The molecule has 1 amide bonds. The lowest BCUT2D eigenvalue weighted by atomic mass is 9.72. The fourth-order valence-electron chi connectivity index (χ4n) is 3.91. The van der Waals surface area contributed by atoms with Crippen LogP contribution in [0.5, 0.6) is 0 Å². The van der Waals surface area contributed by atoms with Gasteiger partial charge in [0, 0.05) is 37.9 Å². The third kappa shape index (κ3) is 4.31. The van der Waals surface area contributed by atoms with Crippen LogP contribution >= 0.6 is 0 Å². The van der Waals surface area contributed by atoms with Crippen LogP contribution in [0.15, 0.2) is 60.7 Å². The Morgan fingerprint density at radius 2 is 1.66 bits per heavy atom. The normalized spacial score (nSPS) is 21.3. The molecule has 1 saturated heterocycles. The largest absolute Gasteiger partial charge is 0.450 e. The lowest BCUT2D eigenvalue weighted by molar-refractivity contribution is -0.158. The number of benzene rings is 2. The molecule has 0 aliphatic carbocycles. The Hall–Kier alpha value is -3.15. The molecule has 1 aliphatic heterocycles. The lowest BCUT2D eigenvalue weighted by Gasteiger charge is -2.45. The van der Waals surface area contributed by atoms with Crippen LogP contribution in [-0.4, -0.2) is 48.0 Å². The molecular formula is C23H25NO5. The summed E-state index contributed by atoms with van der Waals surface area (Å²) in [6.07, 6.45) is -0.240. The average Bonchev–Trinajstić information content (AvgIpc) is 2.74. The highest BCUT2D eigenvalue weighted by Crippen LogP contribution is 2.41. The van der Waals surface area contributed by atoms with Gasteiger partial charge in [0.05, 0.1) is 6.61 Å². The predicted octanol–water partition coefficient (Wildman–Crippen LogP) is 3.82. The predicted molar refractivity (Wildman–Crippen MR) is 108 cm³/mol. The van der Waals surface area contributed by atoms with E-state index in [0.717, 1.165) is 5.56 Å². The van der Waals surface area contributed by atoms with E-state index in [0.29, 0.717) is 5.56 Å². The van der Waals surface area contributed by atoms with E-state index in [4.69, 9.17) is 9.47 Å². The zero-order chi connectivity index (χ0) is 20.9. The maximum Gasteiger partial charge on any atom is 0.409 e. The number of carbonyl (C=O) groups is 3. The number of carbonyl (C=O) groups excluding carboxylic acids is 3. The van der Waals surface area contributed by atoms with Crippen LogP contribution in [0, 0.1) is 0 Å². The number of amides is 1. The van der Waals surface area contributed by atoms with Crippen LogP contribution in [0.4, 0.5) is 4.79 Å². The van der Waals surface area contributed by atoms with Crippen molar-refractivity contribution in [1.82, 2.24) is 4.90 Å². The molecule has 2 aromatic rings. The summed E-state index contributed by atoms with van der Waals surface area (Å²) in [5.41, 5.74) is -0.0938. The van der Waals surface area contributed by atoms with E-state index in [1.54, 1.807) is 36.1 Å². The standard InChI is InChI=1S/C23H25NO5/c1-3-28-22(27)24-15-14-23(29-17(2)25,21(26)19-12-8-5-9-13-19)20(16-24)18-10-6-4-7-11-18/h4-13,20H,3,14-16H2,1-2H3. The van der Waals surface area contributed by atoms with E-state index in [1.807, 2.05) is 36.4 Å². The number of rotatable bonds is 5. The molecule has 1 aliphatic rings. The van der Waals surface area contributed by atoms with Crippen LogP contribution in [0.3, 0.4) is 0 Å². The molecule has 152 valence electrons. The van der Waals surface area contributed by atoms with Crippen molar-refractivity contribution < 1.29 is 23.9 Å². The van der Waals surface area contributed by atoms with Crippen molar-refractivity contribution in [2.75, 3.05) is 19.7 Å². The third-order valence-corrected chi connectivity index (χ3v) is 5.19. The number of nitrogens with zero attached hydrogens (tertiary/aromatic N) is 1. The number of Topliss-reactive ketones (excluding diaryl/α,β-unsaturated/α-hetero) is 1. The topological polar surface area (TPSA) is 72.9 Å². The van der Waals surface area contributed by atoms with Crippen molar-refractivity contribution in [1.29, 1.82) is 0 Å². The van der Waals surface area contributed by atoms with E-state index in [9.17, 15) is 14.4 Å². The van der Waals surface area contributed by atoms with E-state index < -0.39 is 23.6 Å². The Bertz CT molecular complexity index is 867. The van der Waals surface area contributed by atoms with Gasteiger partial charge in [-0.2, -0.15) is 0 Å². The van der Waals surface area contributed by atoms with E-state index >= 15 is 0 Å². The summed E-state index contributed by atoms with van der Waals surface area (Å²) in [7, 11) is 0. The number of piperidine rings is 1. The first-order chi connectivity index (χ1) is 14.0. The molecule has 0 radical (unpaired) electrons. The van der Waals surface area contributed by atoms with Crippen molar-refractivity contribution in [3.63, 3.8) is 0 Å². The van der Waals surface area contributed by atoms with Gasteiger partial charge in [-0.25, -0.2) is 4.79 Å².